The molecule has 0 saturated heterocycles. The van der Waals surface area contributed by atoms with Crippen molar-refractivity contribution < 1.29 is 13.2 Å². The molecule has 0 saturated carbocycles. The van der Waals surface area contributed by atoms with Gasteiger partial charge in [-0.3, -0.25) is 13.9 Å². The average molecular weight is 402 g/mol. The molecular weight excluding hydrogens is 384 g/mol. The molecule has 2 heterocycles. The molecule has 3 rings (SSSR count). The van der Waals surface area contributed by atoms with Gasteiger partial charge in [0.2, 0.25) is 15.0 Å². The Kier molecular flexibility index (Phi) is 4.87. The van der Waals surface area contributed by atoms with Gasteiger partial charge in [0.1, 0.15) is 5.75 Å². The number of ether oxygens (including phenoxy) is 1. The molecule has 0 N–H and O–H groups in total. The van der Waals surface area contributed by atoms with E-state index in [0.717, 1.165) is 10.8 Å². The molecule has 0 spiro atoms. The van der Waals surface area contributed by atoms with E-state index in [2.05, 4.69) is 16.8 Å². The molecule has 0 bridgehead atoms. The van der Waals surface area contributed by atoms with Crippen molar-refractivity contribution in [3.05, 3.63) is 50.7 Å². The van der Waals surface area contributed by atoms with Gasteiger partial charge in [-0.15, -0.1) is 0 Å². The quantitative estimate of drug-likeness (QED) is 0.567. The lowest BCUT2D eigenvalue weighted by Crippen LogP contribution is -2.38. The van der Waals surface area contributed by atoms with Crippen LogP contribution in [0.3, 0.4) is 0 Å². The number of fused-ring (bicyclic) bond motifs is 1. The molecule has 146 valence electrons. The Balaban J connectivity index is 2.18. The summed E-state index contributed by atoms with van der Waals surface area (Å²) in [4.78, 5) is 29.1. The molecule has 1 aromatic carbocycles. The molecule has 0 amide bonds. The van der Waals surface area contributed by atoms with Gasteiger partial charge in [0.25, 0.3) is 5.56 Å². The van der Waals surface area contributed by atoms with Crippen molar-refractivity contribution >= 4 is 21.0 Å². The van der Waals surface area contributed by atoms with Gasteiger partial charge in [-0.1, -0.05) is 17.9 Å². The minimum atomic E-state index is -3.69. The normalized spacial score (nSPS) is 11.3. The second kappa shape index (κ2) is 7.01. The lowest BCUT2D eigenvalue weighted by atomic mass is 10.2. The Hall–Kier alpha value is -3.32. The standard InChI is InChI=1S/C18H18N4O5S/c1-20-14-15(19-17(20)28(4,25)26)22(18(24)21(2)16(14)23)10-6-8-12-7-5-9-13(11-12)27-3/h5,7,9,11H,10H2,1-4H3. The molecule has 0 unspecified atom stereocenters. The zero-order chi connectivity index (χ0) is 20.6. The van der Waals surface area contributed by atoms with Gasteiger partial charge in [-0.2, -0.15) is 4.98 Å². The van der Waals surface area contributed by atoms with Gasteiger partial charge in [0, 0.05) is 25.9 Å². The number of aromatic nitrogens is 4. The summed E-state index contributed by atoms with van der Waals surface area (Å²) in [6.45, 7) is -0.0686. The maximum absolute atomic E-state index is 12.6. The fourth-order valence-electron chi connectivity index (χ4n) is 2.80. The number of hydrogen-bond acceptors (Lipinski definition) is 6. The maximum atomic E-state index is 12.6. The predicted octanol–water partition coefficient (Wildman–Crippen LogP) is -0.102. The molecule has 0 radical (unpaired) electrons. The minimum absolute atomic E-state index is 0.0176. The first-order valence-corrected chi connectivity index (χ1v) is 10.0. The van der Waals surface area contributed by atoms with E-state index in [1.54, 1.807) is 31.4 Å². The van der Waals surface area contributed by atoms with Crippen LogP contribution in [0.2, 0.25) is 0 Å². The van der Waals surface area contributed by atoms with Crippen LogP contribution in [-0.2, 0) is 30.5 Å². The Morgan fingerprint density at radius 2 is 1.89 bits per heavy atom. The van der Waals surface area contributed by atoms with Gasteiger partial charge < -0.3 is 9.30 Å². The summed E-state index contributed by atoms with van der Waals surface area (Å²) >= 11 is 0. The molecule has 2 aromatic heterocycles. The van der Waals surface area contributed by atoms with Gasteiger partial charge in [0.05, 0.1) is 13.7 Å². The summed E-state index contributed by atoms with van der Waals surface area (Å²) < 4.78 is 32.3. The number of sulfone groups is 1. The van der Waals surface area contributed by atoms with E-state index in [-0.39, 0.29) is 22.9 Å². The highest BCUT2D eigenvalue weighted by Gasteiger charge is 2.23. The molecule has 0 atom stereocenters. The van der Waals surface area contributed by atoms with Crippen molar-refractivity contribution in [2.75, 3.05) is 13.4 Å². The third-order valence-corrected chi connectivity index (χ3v) is 5.22. The summed E-state index contributed by atoms with van der Waals surface area (Å²) in [6, 6.07) is 7.11. The summed E-state index contributed by atoms with van der Waals surface area (Å²) in [6.07, 6.45) is 0.990. The van der Waals surface area contributed by atoms with Crippen molar-refractivity contribution in [2.24, 2.45) is 14.1 Å². The van der Waals surface area contributed by atoms with Gasteiger partial charge in [-0.25, -0.2) is 13.2 Å². The van der Waals surface area contributed by atoms with Crippen LogP contribution < -0.4 is 16.0 Å². The highest BCUT2D eigenvalue weighted by molar-refractivity contribution is 7.90. The summed E-state index contributed by atoms with van der Waals surface area (Å²) in [5, 5.41) is -0.292. The fraction of sp³-hybridized carbons (Fsp3) is 0.278. The van der Waals surface area contributed by atoms with Gasteiger partial charge >= 0.3 is 5.69 Å². The average Bonchev–Trinajstić information content (AvgIpc) is 3.00. The van der Waals surface area contributed by atoms with Gasteiger partial charge in [0.15, 0.2) is 11.2 Å². The first-order chi connectivity index (χ1) is 13.1. The van der Waals surface area contributed by atoms with Crippen molar-refractivity contribution in [1.29, 1.82) is 0 Å². The van der Waals surface area contributed by atoms with Gasteiger partial charge in [-0.05, 0) is 18.2 Å². The second-order valence-electron chi connectivity index (χ2n) is 6.16. The summed E-state index contributed by atoms with van der Waals surface area (Å²) in [5.41, 5.74) is -0.564. The Morgan fingerprint density at radius 1 is 1.18 bits per heavy atom. The maximum Gasteiger partial charge on any atom is 0.333 e. The molecule has 3 aromatic rings. The second-order valence-corrected chi connectivity index (χ2v) is 8.07. The Labute approximate surface area is 160 Å². The third-order valence-electron chi connectivity index (χ3n) is 4.19. The van der Waals surface area contributed by atoms with Crippen molar-refractivity contribution in [1.82, 2.24) is 18.7 Å². The lowest BCUT2D eigenvalue weighted by Gasteiger charge is -2.05. The topological polar surface area (TPSA) is 105 Å². The molecule has 28 heavy (non-hydrogen) atoms. The van der Waals surface area contributed by atoms with E-state index in [1.165, 1.54) is 23.2 Å². The number of rotatable bonds is 3. The largest absolute Gasteiger partial charge is 0.497 e. The molecule has 0 aliphatic rings. The van der Waals surface area contributed by atoms with E-state index in [9.17, 15) is 18.0 Å². The van der Waals surface area contributed by atoms with E-state index < -0.39 is 21.1 Å². The molecule has 10 heteroatoms. The van der Waals surface area contributed by atoms with Crippen LogP contribution in [0.25, 0.3) is 11.2 Å². The fourth-order valence-corrected chi connectivity index (χ4v) is 3.65. The number of imidazole rings is 1. The van der Waals surface area contributed by atoms with Crippen LogP contribution >= 0.6 is 0 Å². The molecular formula is C18H18N4O5S. The first-order valence-electron chi connectivity index (χ1n) is 8.14. The molecule has 0 aliphatic heterocycles. The van der Waals surface area contributed by atoms with Crippen LogP contribution in [0.1, 0.15) is 5.56 Å². The van der Waals surface area contributed by atoms with Crippen molar-refractivity contribution in [2.45, 2.75) is 11.7 Å². The van der Waals surface area contributed by atoms with Crippen molar-refractivity contribution in [3.8, 4) is 17.6 Å². The molecule has 0 aliphatic carbocycles. The van der Waals surface area contributed by atoms with Crippen LogP contribution in [-0.4, -0.2) is 40.5 Å². The van der Waals surface area contributed by atoms with E-state index >= 15 is 0 Å². The number of nitrogens with zero attached hydrogens (tertiary/aromatic N) is 4. The van der Waals surface area contributed by atoms with E-state index in [1.807, 2.05) is 0 Å². The minimum Gasteiger partial charge on any atom is -0.497 e. The number of methoxy groups -OCH3 is 1. The number of benzene rings is 1. The Bertz CT molecular complexity index is 1370. The zero-order valence-corrected chi connectivity index (χ0v) is 16.6. The first kappa shape index (κ1) is 19.4. The number of aryl methyl sites for hydroxylation is 1. The van der Waals surface area contributed by atoms with Crippen LogP contribution in [0.15, 0.2) is 39.0 Å². The Morgan fingerprint density at radius 3 is 2.54 bits per heavy atom. The number of hydrogen-bond donors (Lipinski definition) is 0. The van der Waals surface area contributed by atoms with E-state index in [4.69, 9.17) is 4.74 Å². The zero-order valence-electron chi connectivity index (χ0n) is 15.8. The van der Waals surface area contributed by atoms with E-state index in [0.29, 0.717) is 11.3 Å². The summed E-state index contributed by atoms with van der Waals surface area (Å²) in [5.74, 6) is 6.42. The third kappa shape index (κ3) is 3.32. The predicted molar refractivity (Wildman–Crippen MR) is 103 cm³/mol. The highest BCUT2D eigenvalue weighted by Crippen LogP contribution is 2.14. The highest BCUT2D eigenvalue weighted by atomic mass is 32.2. The smallest absolute Gasteiger partial charge is 0.333 e. The molecule has 9 nitrogen and oxygen atoms in total. The van der Waals surface area contributed by atoms with Crippen LogP contribution in [0.5, 0.6) is 5.75 Å². The molecule has 0 fully saturated rings. The van der Waals surface area contributed by atoms with Crippen LogP contribution in [0, 0.1) is 11.8 Å². The van der Waals surface area contributed by atoms with Crippen LogP contribution in [0.4, 0.5) is 0 Å². The summed E-state index contributed by atoms with van der Waals surface area (Å²) in [7, 11) is 0.605. The SMILES string of the molecule is COc1cccc(C#CCn2c(=O)n(C)c(=O)c3c2nc(S(C)(=O)=O)n3C)c1. The van der Waals surface area contributed by atoms with Crippen molar-refractivity contribution in [3.63, 3.8) is 0 Å². The monoisotopic (exact) mass is 402 g/mol. The lowest BCUT2D eigenvalue weighted by molar-refractivity contribution is 0.414.